The molecule has 1 aromatic heterocycles. The van der Waals surface area contributed by atoms with E-state index < -0.39 is 5.97 Å². The van der Waals surface area contributed by atoms with Crippen LogP contribution in [-0.2, 0) is 4.74 Å². The Labute approximate surface area is 153 Å². The van der Waals surface area contributed by atoms with Gasteiger partial charge in [-0.1, -0.05) is 12.1 Å². The number of aromatic nitrogens is 1. The quantitative estimate of drug-likeness (QED) is 0.732. The SMILES string of the molecule is COC(=O)c1ccccc1C(=O)N1CCC(Oc2ncccc2Br)C1. The number of rotatable bonds is 4. The zero-order valence-electron chi connectivity index (χ0n) is 13.6. The van der Waals surface area contributed by atoms with Crippen molar-refractivity contribution in [2.75, 3.05) is 20.2 Å². The third kappa shape index (κ3) is 3.82. The smallest absolute Gasteiger partial charge is 0.338 e. The summed E-state index contributed by atoms with van der Waals surface area (Å²) in [5.74, 6) is -0.211. The number of carbonyl (C=O) groups is 2. The molecule has 0 N–H and O–H groups in total. The van der Waals surface area contributed by atoms with Gasteiger partial charge < -0.3 is 14.4 Å². The Morgan fingerprint density at radius 2 is 1.96 bits per heavy atom. The normalized spacial score (nSPS) is 16.6. The Morgan fingerprint density at radius 1 is 1.20 bits per heavy atom. The maximum atomic E-state index is 12.8. The molecule has 7 heteroatoms. The first-order chi connectivity index (χ1) is 12.1. The van der Waals surface area contributed by atoms with Gasteiger partial charge in [-0.2, -0.15) is 0 Å². The number of esters is 1. The average Bonchev–Trinajstić information content (AvgIpc) is 3.11. The standard InChI is InChI=1S/C18H17BrN2O4/c1-24-18(23)14-6-3-2-5-13(14)17(22)21-10-8-12(11-21)25-16-15(19)7-4-9-20-16/h2-7,9,12H,8,10-11H2,1H3. The summed E-state index contributed by atoms with van der Waals surface area (Å²) >= 11 is 3.40. The topological polar surface area (TPSA) is 68.7 Å². The zero-order chi connectivity index (χ0) is 17.8. The lowest BCUT2D eigenvalue weighted by Crippen LogP contribution is -2.32. The molecule has 25 heavy (non-hydrogen) atoms. The van der Waals surface area contributed by atoms with Crippen LogP contribution in [0, 0.1) is 0 Å². The van der Waals surface area contributed by atoms with Crippen molar-refractivity contribution in [3.8, 4) is 5.88 Å². The van der Waals surface area contributed by atoms with Crippen LogP contribution >= 0.6 is 15.9 Å². The number of benzene rings is 1. The zero-order valence-corrected chi connectivity index (χ0v) is 15.2. The lowest BCUT2D eigenvalue weighted by Gasteiger charge is -2.18. The number of likely N-dealkylation sites (tertiary alicyclic amines) is 1. The molecule has 1 atom stereocenters. The summed E-state index contributed by atoms with van der Waals surface area (Å²) in [6.07, 6.45) is 2.22. The van der Waals surface area contributed by atoms with Crippen LogP contribution in [0.1, 0.15) is 27.1 Å². The van der Waals surface area contributed by atoms with Gasteiger partial charge in [0.15, 0.2) is 0 Å². The van der Waals surface area contributed by atoms with E-state index in [1.165, 1.54) is 7.11 Å². The summed E-state index contributed by atoms with van der Waals surface area (Å²) in [7, 11) is 1.30. The van der Waals surface area contributed by atoms with Crippen molar-refractivity contribution in [3.63, 3.8) is 0 Å². The molecule has 1 aliphatic rings. The molecule has 0 bridgehead atoms. The number of nitrogens with zero attached hydrogens (tertiary/aromatic N) is 2. The summed E-state index contributed by atoms with van der Waals surface area (Å²) in [4.78, 5) is 30.5. The van der Waals surface area contributed by atoms with Crippen LogP contribution < -0.4 is 4.74 Å². The highest BCUT2D eigenvalue weighted by Gasteiger charge is 2.30. The Morgan fingerprint density at radius 3 is 2.68 bits per heavy atom. The van der Waals surface area contributed by atoms with Gasteiger partial charge in [-0.25, -0.2) is 9.78 Å². The Balaban J connectivity index is 1.71. The minimum absolute atomic E-state index is 0.138. The maximum absolute atomic E-state index is 12.8. The highest BCUT2D eigenvalue weighted by molar-refractivity contribution is 9.10. The molecule has 1 aliphatic heterocycles. The van der Waals surface area contributed by atoms with Gasteiger partial charge >= 0.3 is 5.97 Å². The second kappa shape index (κ2) is 7.65. The molecule has 0 spiro atoms. The highest BCUT2D eigenvalue weighted by Crippen LogP contribution is 2.25. The van der Waals surface area contributed by atoms with Gasteiger partial charge in [0.2, 0.25) is 5.88 Å². The van der Waals surface area contributed by atoms with Crippen molar-refractivity contribution in [3.05, 3.63) is 58.2 Å². The van der Waals surface area contributed by atoms with E-state index in [1.807, 2.05) is 12.1 Å². The molecule has 3 rings (SSSR count). The monoisotopic (exact) mass is 404 g/mol. The third-order valence-corrected chi connectivity index (χ3v) is 4.60. The van der Waals surface area contributed by atoms with E-state index in [0.29, 0.717) is 31.0 Å². The number of amides is 1. The van der Waals surface area contributed by atoms with Crippen molar-refractivity contribution in [1.29, 1.82) is 0 Å². The molecule has 0 saturated carbocycles. The van der Waals surface area contributed by atoms with E-state index in [2.05, 4.69) is 20.9 Å². The number of methoxy groups -OCH3 is 1. The number of carbonyl (C=O) groups excluding carboxylic acids is 2. The van der Waals surface area contributed by atoms with Crippen molar-refractivity contribution < 1.29 is 19.1 Å². The summed E-state index contributed by atoms with van der Waals surface area (Å²) in [5.41, 5.74) is 0.612. The molecule has 6 nitrogen and oxygen atoms in total. The number of pyridine rings is 1. The first-order valence-corrected chi connectivity index (χ1v) is 8.63. The van der Waals surface area contributed by atoms with E-state index in [0.717, 1.165) is 4.47 Å². The molecule has 130 valence electrons. The lowest BCUT2D eigenvalue weighted by atomic mass is 10.1. The van der Waals surface area contributed by atoms with E-state index in [1.54, 1.807) is 35.4 Å². The predicted octanol–water partition coefficient (Wildman–Crippen LogP) is 2.92. The van der Waals surface area contributed by atoms with Crippen molar-refractivity contribution in [2.24, 2.45) is 0 Å². The van der Waals surface area contributed by atoms with Crippen molar-refractivity contribution in [2.45, 2.75) is 12.5 Å². The van der Waals surface area contributed by atoms with Crippen LogP contribution in [0.15, 0.2) is 47.1 Å². The second-order valence-electron chi connectivity index (χ2n) is 5.61. The van der Waals surface area contributed by atoms with E-state index in [9.17, 15) is 9.59 Å². The Bertz CT molecular complexity index is 796. The fourth-order valence-electron chi connectivity index (χ4n) is 2.75. The van der Waals surface area contributed by atoms with Gasteiger partial charge in [0.05, 0.1) is 29.3 Å². The number of hydrogen-bond donors (Lipinski definition) is 0. The van der Waals surface area contributed by atoms with E-state index >= 15 is 0 Å². The molecular formula is C18H17BrN2O4. The fraction of sp³-hybridized carbons (Fsp3) is 0.278. The van der Waals surface area contributed by atoms with Crippen molar-refractivity contribution >= 4 is 27.8 Å². The van der Waals surface area contributed by atoms with Crippen LogP contribution in [0.2, 0.25) is 0 Å². The molecule has 0 aliphatic carbocycles. The number of ether oxygens (including phenoxy) is 2. The predicted molar refractivity (Wildman–Crippen MR) is 94.7 cm³/mol. The van der Waals surface area contributed by atoms with Crippen LogP contribution in [0.25, 0.3) is 0 Å². The van der Waals surface area contributed by atoms with Crippen LogP contribution in [0.3, 0.4) is 0 Å². The van der Waals surface area contributed by atoms with Crippen LogP contribution in [-0.4, -0.2) is 48.1 Å². The average molecular weight is 405 g/mol. The lowest BCUT2D eigenvalue weighted by molar-refractivity contribution is 0.0591. The van der Waals surface area contributed by atoms with Gasteiger partial charge in [0, 0.05) is 19.2 Å². The molecule has 1 aromatic carbocycles. The summed E-state index contributed by atoms with van der Waals surface area (Å²) < 4.78 is 11.4. The molecule has 2 aromatic rings. The van der Waals surface area contributed by atoms with Crippen LogP contribution in [0.5, 0.6) is 5.88 Å². The molecule has 1 saturated heterocycles. The van der Waals surface area contributed by atoms with Gasteiger partial charge in [-0.3, -0.25) is 4.79 Å². The largest absolute Gasteiger partial charge is 0.472 e. The van der Waals surface area contributed by atoms with E-state index in [4.69, 9.17) is 9.47 Å². The van der Waals surface area contributed by atoms with Crippen molar-refractivity contribution in [1.82, 2.24) is 9.88 Å². The molecule has 0 radical (unpaired) electrons. The molecule has 1 fully saturated rings. The van der Waals surface area contributed by atoms with Gasteiger partial charge in [0.1, 0.15) is 6.10 Å². The summed E-state index contributed by atoms with van der Waals surface area (Å²) in [5, 5.41) is 0. The highest BCUT2D eigenvalue weighted by atomic mass is 79.9. The van der Waals surface area contributed by atoms with Gasteiger partial charge in [0.25, 0.3) is 5.91 Å². The second-order valence-corrected chi connectivity index (χ2v) is 6.46. The molecule has 2 heterocycles. The minimum Gasteiger partial charge on any atom is -0.472 e. The van der Waals surface area contributed by atoms with Gasteiger partial charge in [-0.05, 0) is 40.2 Å². The Hall–Kier alpha value is -2.41. The minimum atomic E-state index is -0.520. The summed E-state index contributed by atoms with van der Waals surface area (Å²) in [6, 6.07) is 10.3. The first-order valence-electron chi connectivity index (χ1n) is 7.84. The third-order valence-electron chi connectivity index (χ3n) is 4.00. The molecule has 1 unspecified atom stereocenters. The first kappa shape index (κ1) is 17.4. The number of hydrogen-bond acceptors (Lipinski definition) is 5. The molecule has 1 amide bonds. The molecular weight excluding hydrogens is 388 g/mol. The summed E-state index contributed by atoms with van der Waals surface area (Å²) in [6.45, 7) is 1.00. The van der Waals surface area contributed by atoms with E-state index in [-0.39, 0.29) is 17.6 Å². The van der Waals surface area contributed by atoms with Gasteiger partial charge in [-0.15, -0.1) is 0 Å². The Kier molecular flexibility index (Phi) is 5.33. The van der Waals surface area contributed by atoms with Crippen LogP contribution in [0.4, 0.5) is 0 Å². The fourth-order valence-corrected chi connectivity index (χ4v) is 3.10. The maximum Gasteiger partial charge on any atom is 0.338 e. The number of halogens is 1.